The molecule has 0 aliphatic heterocycles. The van der Waals surface area contributed by atoms with Crippen LogP contribution in [-0.2, 0) is 21.2 Å². The number of aromatic nitrogens is 4. The normalized spacial score (nSPS) is 11.6. The molecule has 0 fully saturated rings. The van der Waals surface area contributed by atoms with E-state index in [0.29, 0.717) is 41.3 Å². The molecular weight excluding hydrogens is 424 g/mol. The highest BCUT2D eigenvalue weighted by molar-refractivity contribution is 7.99. The first-order valence-corrected chi connectivity index (χ1v) is 11.1. The molecule has 0 aliphatic carbocycles. The van der Waals surface area contributed by atoms with Crippen molar-refractivity contribution in [3.8, 4) is 0 Å². The molecule has 0 radical (unpaired) electrons. The largest absolute Gasteiger partial charge is 0.356 e. The fourth-order valence-corrected chi connectivity index (χ4v) is 4.06. The summed E-state index contributed by atoms with van der Waals surface area (Å²) in [6, 6.07) is 6.25. The Morgan fingerprint density at radius 1 is 1.25 bits per heavy atom. The van der Waals surface area contributed by atoms with E-state index >= 15 is 0 Å². The Bertz CT molecular complexity index is 1090. The van der Waals surface area contributed by atoms with E-state index in [-0.39, 0.29) is 16.1 Å². The molecule has 0 atom stereocenters. The van der Waals surface area contributed by atoms with Crippen molar-refractivity contribution >= 4 is 50.5 Å². The number of halogens is 1. The summed E-state index contributed by atoms with van der Waals surface area (Å²) in [5, 5.41) is 8.65. The summed E-state index contributed by atoms with van der Waals surface area (Å²) in [5.74, 6) is 0.436. The summed E-state index contributed by atoms with van der Waals surface area (Å²) >= 11 is 7.27. The lowest BCUT2D eigenvalue weighted by Gasteiger charge is -2.06. The first kappa shape index (κ1) is 20.5. The Morgan fingerprint density at radius 2 is 2.00 bits per heavy atom. The predicted molar refractivity (Wildman–Crippen MR) is 107 cm³/mol. The van der Waals surface area contributed by atoms with Crippen molar-refractivity contribution in [1.82, 2.24) is 25.3 Å². The van der Waals surface area contributed by atoms with Gasteiger partial charge in [0.25, 0.3) is 0 Å². The molecule has 1 aromatic carbocycles. The molecule has 3 rings (SSSR count). The van der Waals surface area contributed by atoms with Crippen LogP contribution in [0.4, 0.5) is 0 Å². The van der Waals surface area contributed by atoms with Gasteiger partial charge in [0.1, 0.15) is 10.5 Å². The monoisotopic (exact) mass is 440 g/mol. The van der Waals surface area contributed by atoms with E-state index in [4.69, 9.17) is 16.7 Å². The van der Waals surface area contributed by atoms with E-state index in [9.17, 15) is 13.2 Å². The SMILES string of the molecule is NS(=O)(=O)c1ccc(CCNC(=O)CCSc2nc(Cl)nc3nc[nH]c23)cc1. The molecule has 0 spiro atoms. The number of imidazole rings is 1. The maximum atomic E-state index is 12.0. The lowest BCUT2D eigenvalue weighted by atomic mass is 10.1. The number of carbonyl (C=O) groups is 1. The van der Waals surface area contributed by atoms with Gasteiger partial charge in [-0.15, -0.1) is 11.8 Å². The third kappa shape index (κ3) is 5.41. The number of sulfonamides is 1. The van der Waals surface area contributed by atoms with E-state index < -0.39 is 10.0 Å². The molecule has 28 heavy (non-hydrogen) atoms. The van der Waals surface area contributed by atoms with Crippen LogP contribution < -0.4 is 10.5 Å². The zero-order valence-corrected chi connectivity index (χ0v) is 16.9. The number of fused-ring (bicyclic) bond motifs is 1. The van der Waals surface area contributed by atoms with Crippen LogP contribution in [0, 0.1) is 0 Å². The van der Waals surface area contributed by atoms with E-state index in [2.05, 4.69) is 25.3 Å². The molecule has 0 bridgehead atoms. The number of hydrogen-bond acceptors (Lipinski definition) is 7. The first-order chi connectivity index (χ1) is 13.3. The summed E-state index contributed by atoms with van der Waals surface area (Å²) in [7, 11) is -3.70. The number of nitrogens with two attached hydrogens (primary N) is 1. The highest BCUT2D eigenvalue weighted by Crippen LogP contribution is 2.24. The number of amides is 1. The number of thioether (sulfide) groups is 1. The minimum atomic E-state index is -3.70. The molecule has 148 valence electrons. The molecule has 0 saturated heterocycles. The molecule has 1 amide bonds. The van der Waals surface area contributed by atoms with Crippen LogP contribution in [0.5, 0.6) is 0 Å². The van der Waals surface area contributed by atoms with Gasteiger partial charge in [0.2, 0.25) is 21.2 Å². The van der Waals surface area contributed by atoms with Crippen molar-refractivity contribution in [1.29, 1.82) is 0 Å². The summed E-state index contributed by atoms with van der Waals surface area (Å²) < 4.78 is 22.4. The van der Waals surface area contributed by atoms with Gasteiger partial charge in [-0.1, -0.05) is 12.1 Å². The van der Waals surface area contributed by atoms with Crippen molar-refractivity contribution < 1.29 is 13.2 Å². The lowest BCUT2D eigenvalue weighted by Crippen LogP contribution is -2.25. The van der Waals surface area contributed by atoms with Crippen LogP contribution >= 0.6 is 23.4 Å². The van der Waals surface area contributed by atoms with Crippen LogP contribution in [-0.4, -0.2) is 46.6 Å². The van der Waals surface area contributed by atoms with Gasteiger partial charge in [-0.2, -0.15) is 4.98 Å². The zero-order chi connectivity index (χ0) is 20.1. The highest BCUT2D eigenvalue weighted by atomic mass is 35.5. The predicted octanol–water partition coefficient (Wildman–Crippen LogP) is 1.49. The molecule has 0 aliphatic rings. The van der Waals surface area contributed by atoms with Crippen LogP contribution in [0.3, 0.4) is 0 Å². The number of nitrogens with zero attached hydrogens (tertiary/aromatic N) is 3. The lowest BCUT2D eigenvalue weighted by molar-refractivity contribution is -0.120. The fourth-order valence-electron chi connectivity index (χ4n) is 2.41. The average Bonchev–Trinajstić information content (AvgIpc) is 3.10. The molecule has 4 N–H and O–H groups in total. The van der Waals surface area contributed by atoms with Crippen LogP contribution in [0.25, 0.3) is 11.2 Å². The Balaban J connectivity index is 1.43. The number of benzene rings is 1. The number of hydrogen-bond donors (Lipinski definition) is 3. The second-order valence-electron chi connectivity index (χ2n) is 5.79. The van der Waals surface area contributed by atoms with Crippen molar-refractivity contribution in [2.75, 3.05) is 12.3 Å². The summed E-state index contributed by atoms with van der Waals surface area (Å²) in [6.45, 7) is 0.447. The van der Waals surface area contributed by atoms with Gasteiger partial charge in [-0.25, -0.2) is 23.5 Å². The second-order valence-corrected chi connectivity index (χ2v) is 8.77. The second kappa shape index (κ2) is 8.86. The molecule has 12 heteroatoms. The molecule has 0 saturated carbocycles. The van der Waals surface area contributed by atoms with E-state index in [1.807, 2.05) is 0 Å². The van der Waals surface area contributed by atoms with Crippen LogP contribution in [0.15, 0.2) is 40.5 Å². The number of nitrogens with one attached hydrogen (secondary N) is 2. The standard InChI is InChI=1S/C16H17ClN6O3S2/c17-16-22-14-13(20-9-21-14)15(23-16)27-8-6-12(24)19-7-5-10-1-3-11(4-2-10)28(18,25)26/h1-4,9H,5-8H2,(H,19,24)(H2,18,25,26)(H,20,21,22,23). The molecule has 2 heterocycles. The van der Waals surface area contributed by atoms with Crippen molar-refractivity contribution in [3.63, 3.8) is 0 Å². The van der Waals surface area contributed by atoms with E-state index in [1.54, 1.807) is 12.1 Å². The summed E-state index contributed by atoms with van der Waals surface area (Å²) in [4.78, 5) is 27.2. The Kier molecular flexibility index (Phi) is 6.50. The Hall–Kier alpha value is -2.21. The average molecular weight is 441 g/mol. The Morgan fingerprint density at radius 3 is 2.71 bits per heavy atom. The fraction of sp³-hybridized carbons (Fsp3) is 0.250. The van der Waals surface area contributed by atoms with Gasteiger partial charge in [0.15, 0.2) is 5.65 Å². The summed E-state index contributed by atoms with van der Waals surface area (Å²) in [6.07, 6.45) is 2.41. The van der Waals surface area contributed by atoms with Gasteiger partial charge in [-0.3, -0.25) is 4.79 Å². The van der Waals surface area contributed by atoms with Crippen molar-refractivity contribution in [2.45, 2.75) is 22.8 Å². The van der Waals surface area contributed by atoms with E-state index in [0.717, 1.165) is 5.56 Å². The maximum Gasteiger partial charge on any atom is 0.238 e. The van der Waals surface area contributed by atoms with Gasteiger partial charge in [0, 0.05) is 18.7 Å². The maximum absolute atomic E-state index is 12.0. The quantitative estimate of drug-likeness (QED) is 0.273. The smallest absolute Gasteiger partial charge is 0.238 e. The molecule has 9 nitrogen and oxygen atoms in total. The zero-order valence-electron chi connectivity index (χ0n) is 14.6. The summed E-state index contributed by atoms with van der Waals surface area (Å²) in [5.41, 5.74) is 2.08. The van der Waals surface area contributed by atoms with Gasteiger partial charge in [-0.05, 0) is 35.7 Å². The minimum Gasteiger partial charge on any atom is -0.356 e. The minimum absolute atomic E-state index is 0.0634. The first-order valence-electron chi connectivity index (χ1n) is 8.21. The number of aromatic amines is 1. The van der Waals surface area contributed by atoms with Gasteiger partial charge >= 0.3 is 0 Å². The van der Waals surface area contributed by atoms with Gasteiger partial charge < -0.3 is 10.3 Å². The van der Waals surface area contributed by atoms with Crippen molar-refractivity contribution in [2.24, 2.45) is 5.14 Å². The number of H-pyrrole nitrogens is 1. The van der Waals surface area contributed by atoms with E-state index in [1.165, 1.54) is 30.2 Å². The van der Waals surface area contributed by atoms with Crippen molar-refractivity contribution in [3.05, 3.63) is 41.4 Å². The number of primary sulfonamides is 1. The Labute approximate surface area is 170 Å². The highest BCUT2D eigenvalue weighted by Gasteiger charge is 2.11. The van der Waals surface area contributed by atoms with Gasteiger partial charge in [0.05, 0.1) is 11.2 Å². The number of rotatable bonds is 8. The molecule has 2 aromatic heterocycles. The molecule has 3 aromatic rings. The molecule has 0 unspecified atom stereocenters. The van der Waals surface area contributed by atoms with Crippen LogP contribution in [0.2, 0.25) is 5.28 Å². The van der Waals surface area contributed by atoms with Crippen LogP contribution in [0.1, 0.15) is 12.0 Å². The topological polar surface area (TPSA) is 144 Å². The third-order valence-electron chi connectivity index (χ3n) is 3.78. The third-order valence-corrected chi connectivity index (χ3v) is 5.86. The molecular formula is C16H17ClN6O3S2. The number of carbonyl (C=O) groups excluding carboxylic acids is 1.